The van der Waals surface area contributed by atoms with Crippen LogP contribution in [0.3, 0.4) is 0 Å². The number of ether oxygens (including phenoxy) is 1. The van der Waals surface area contributed by atoms with E-state index >= 15 is 0 Å². The van der Waals surface area contributed by atoms with Crippen LogP contribution in [0.25, 0.3) is 0 Å². The van der Waals surface area contributed by atoms with Gasteiger partial charge in [0.05, 0.1) is 5.57 Å². The molecule has 5 heteroatoms. The first-order chi connectivity index (χ1) is 12.6. The molecule has 0 aromatic rings. The quantitative estimate of drug-likeness (QED) is 0.0932. The summed E-state index contributed by atoms with van der Waals surface area (Å²) in [5.74, 6) is -1.41. The largest absolute Gasteiger partial charge is 2.00 e. The Kier molecular flexibility index (Phi) is 23.1. The van der Waals surface area contributed by atoms with Crippen LogP contribution in [-0.4, -0.2) is 40.1 Å². The van der Waals surface area contributed by atoms with Gasteiger partial charge in [0, 0.05) is 6.42 Å². The van der Waals surface area contributed by atoms with E-state index in [1.165, 1.54) is 84.0 Å². The second kappa shape index (κ2) is 21.7. The summed E-state index contributed by atoms with van der Waals surface area (Å²) in [6.45, 7) is 3.67. The van der Waals surface area contributed by atoms with Gasteiger partial charge in [0.25, 0.3) is 0 Å². The van der Waals surface area contributed by atoms with Gasteiger partial charge in [-0.15, -0.1) is 0 Å². The number of aliphatic carboxylic acids is 1. The summed E-state index contributed by atoms with van der Waals surface area (Å²) >= 11 is 0. The fourth-order valence-electron chi connectivity index (χ4n) is 2.90. The zero-order chi connectivity index (χ0) is 19.5. The van der Waals surface area contributed by atoms with Crippen LogP contribution in [0.2, 0.25) is 0 Å². The third-order valence-corrected chi connectivity index (χ3v) is 4.69. The minimum Gasteiger partial charge on any atom is -1.00 e. The number of hydrogen-bond acceptors (Lipinski definition) is 3. The molecule has 0 atom stereocenters. The van der Waals surface area contributed by atoms with E-state index in [1.807, 2.05) is 0 Å². The molecule has 0 rings (SSSR count). The predicted octanol–water partition coefficient (Wildman–Crippen LogP) is 6.62. The van der Waals surface area contributed by atoms with Gasteiger partial charge >= 0.3 is 35.0 Å². The second-order valence-corrected chi connectivity index (χ2v) is 7.30. The summed E-state index contributed by atoms with van der Waals surface area (Å²) < 4.78 is 4.80. The number of carboxylic acids is 1. The smallest absolute Gasteiger partial charge is 1.00 e. The second-order valence-electron chi connectivity index (χ2n) is 7.30. The first kappa shape index (κ1) is 28.7. The molecule has 0 spiro atoms. The summed E-state index contributed by atoms with van der Waals surface area (Å²) in [7, 11) is 0. The Morgan fingerprint density at radius 1 is 0.778 bits per heavy atom. The summed E-state index contributed by atoms with van der Waals surface area (Å²) in [6, 6.07) is 0. The van der Waals surface area contributed by atoms with E-state index < -0.39 is 5.97 Å². The minimum atomic E-state index is -1.07. The van der Waals surface area contributed by atoms with E-state index in [1.54, 1.807) is 0 Å². The van der Waals surface area contributed by atoms with Crippen LogP contribution in [0.4, 0.5) is 0 Å². The standard InChI is InChI=1S/C22H40O4.Mg.2H/c1-3-4-5-6-7-8-9-10-11-12-13-14-15-16-17-18-21(23)26-19-20(2)22(24)25;;;/h19H,3-18H2,1-2H3,(H,24,25);;;/q;+2;2*-1. The Hall–Kier alpha value is -0.554. The van der Waals surface area contributed by atoms with Gasteiger partial charge < -0.3 is 12.7 Å². The van der Waals surface area contributed by atoms with Crippen LogP contribution in [0, 0.1) is 0 Å². The summed E-state index contributed by atoms with van der Waals surface area (Å²) in [6.07, 6.45) is 20.7. The van der Waals surface area contributed by atoms with Crippen molar-refractivity contribution < 1.29 is 22.3 Å². The van der Waals surface area contributed by atoms with Crippen molar-refractivity contribution in [3.63, 3.8) is 0 Å². The van der Waals surface area contributed by atoms with Gasteiger partial charge in [-0.1, -0.05) is 96.8 Å². The molecule has 0 bridgehead atoms. The molecular weight excluding hydrogens is 353 g/mol. The molecule has 1 N–H and O–H groups in total. The number of carbonyl (C=O) groups is 2. The van der Waals surface area contributed by atoms with Crippen molar-refractivity contribution >= 4 is 35.0 Å². The van der Waals surface area contributed by atoms with Gasteiger partial charge in [-0.3, -0.25) is 4.79 Å². The summed E-state index contributed by atoms with van der Waals surface area (Å²) in [5, 5.41) is 8.65. The zero-order valence-corrected chi connectivity index (χ0v) is 19.2. The fraction of sp³-hybridized carbons (Fsp3) is 0.818. The number of rotatable bonds is 18. The molecule has 0 radical (unpaired) electrons. The Balaban J connectivity index is -0.00000104. The molecule has 0 saturated carbocycles. The van der Waals surface area contributed by atoms with Crippen molar-refractivity contribution in [2.45, 2.75) is 117 Å². The maximum absolute atomic E-state index is 11.4. The molecule has 0 aliphatic rings. The van der Waals surface area contributed by atoms with Crippen molar-refractivity contribution in [3.05, 3.63) is 11.8 Å². The molecule has 0 heterocycles. The Morgan fingerprint density at radius 3 is 1.52 bits per heavy atom. The SMILES string of the molecule is CCCCCCCCCCCCCCCCCC(=O)OC=C(C)C(=O)O.[H-].[H-].[Mg+2]. The van der Waals surface area contributed by atoms with E-state index in [-0.39, 0.29) is 37.4 Å². The van der Waals surface area contributed by atoms with Crippen LogP contribution in [-0.2, 0) is 14.3 Å². The summed E-state index contributed by atoms with van der Waals surface area (Å²) in [5.41, 5.74) is 0.0369. The number of esters is 1. The maximum Gasteiger partial charge on any atom is 2.00 e. The third-order valence-electron chi connectivity index (χ3n) is 4.69. The van der Waals surface area contributed by atoms with E-state index in [2.05, 4.69) is 6.92 Å². The molecule has 0 saturated heterocycles. The van der Waals surface area contributed by atoms with Gasteiger partial charge in [-0.05, 0) is 13.3 Å². The van der Waals surface area contributed by atoms with Crippen molar-refractivity contribution in [1.29, 1.82) is 0 Å². The van der Waals surface area contributed by atoms with Crippen LogP contribution in [0.5, 0.6) is 0 Å². The Labute approximate surface area is 185 Å². The van der Waals surface area contributed by atoms with E-state index in [0.29, 0.717) is 6.42 Å². The molecule has 0 aromatic carbocycles. The third kappa shape index (κ3) is 21.6. The van der Waals surface area contributed by atoms with Crippen LogP contribution in [0.15, 0.2) is 11.8 Å². The van der Waals surface area contributed by atoms with Gasteiger partial charge in [0.1, 0.15) is 6.26 Å². The number of unbranched alkanes of at least 4 members (excludes halogenated alkanes) is 14. The van der Waals surface area contributed by atoms with Crippen LogP contribution < -0.4 is 0 Å². The maximum atomic E-state index is 11.4. The molecule has 0 aliphatic heterocycles. The van der Waals surface area contributed by atoms with Gasteiger partial charge in [-0.25, -0.2) is 4.79 Å². The Morgan fingerprint density at radius 2 is 1.15 bits per heavy atom. The zero-order valence-electron chi connectivity index (χ0n) is 19.8. The normalized spacial score (nSPS) is 11.1. The molecule has 0 fully saturated rings. The van der Waals surface area contributed by atoms with Crippen LogP contribution >= 0.6 is 0 Å². The molecule has 156 valence electrons. The van der Waals surface area contributed by atoms with Gasteiger partial charge in [0.2, 0.25) is 0 Å². The molecule has 0 aliphatic carbocycles. The molecule has 4 nitrogen and oxygen atoms in total. The number of carbonyl (C=O) groups excluding carboxylic acids is 1. The first-order valence-electron chi connectivity index (χ1n) is 10.7. The van der Waals surface area contributed by atoms with Crippen molar-refractivity contribution in [2.24, 2.45) is 0 Å². The van der Waals surface area contributed by atoms with Crippen molar-refractivity contribution in [2.75, 3.05) is 0 Å². The van der Waals surface area contributed by atoms with E-state index in [9.17, 15) is 9.59 Å². The van der Waals surface area contributed by atoms with Crippen LogP contribution in [0.1, 0.15) is 119 Å². The Bertz CT molecular complexity index is 404. The van der Waals surface area contributed by atoms with E-state index in [4.69, 9.17) is 9.84 Å². The summed E-state index contributed by atoms with van der Waals surface area (Å²) in [4.78, 5) is 22.0. The number of carboxylic acid groups (broad SMARTS) is 1. The molecule has 0 aromatic heterocycles. The molecule has 0 unspecified atom stereocenters. The monoisotopic (exact) mass is 394 g/mol. The molecule has 0 amide bonds. The average Bonchev–Trinajstić information content (AvgIpc) is 2.62. The number of hydrogen-bond donors (Lipinski definition) is 1. The molecular formula is C22H42MgO4. The topological polar surface area (TPSA) is 63.6 Å². The van der Waals surface area contributed by atoms with Gasteiger partial charge in [0.15, 0.2) is 0 Å². The van der Waals surface area contributed by atoms with E-state index in [0.717, 1.165) is 25.5 Å². The fourth-order valence-corrected chi connectivity index (χ4v) is 2.90. The van der Waals surface area contributed by atoms with Gasteiger partial charge in [-0.2, -0.15) is 0 Å². The van der Waals surface area contributed by atoms with Crippen molar-refractivity contribution in [3.8, 4) is 0 Å². The van der Waals surface area contributed by atoms with Crippen molar-refractivity contribution in [1.82, 2.24) is 0 Å². The average molecular weight is 395 g/mol. The predicted molar refractivity (Wildman–Crippen MR) is 115 cm³/mol. The molecule has 27 heavy (non-hydrogen) atoms. The minimum absolute atomic E-state index is 0. The first-order valence-corrected chi connectivity index (χ1v) is 10.7.